The van der Waals surface area contributed by atoms with Gasteiger partial charge in [0, 0.05) is 0 Å². The first kappa shape index (κ1) is 57.3. The van der Waals surface area contributed by atoms with Gasteiger partial charge in [-0.3, -0.25) is 0 Å². The second-order valence-corrected chi connectivity index (χ2v) is 15.3. The summed E-state index contributed by atoms with van der Waals surface area (Å²) < 4.78 is 0. The SMILES string of the molecule is CC.CC.CC.CCC.CCC(CC)C(CC(C)C(C)(C)C)C(CC)CC.CCC(CC)C(CC(C)C(C)(C)C)C(CC)CC. The lowest BCUT2D eigenvalue weighted by molar-refractivity contribution is 0.124. The Hall–Kier alpha value is 0. The molecule has 0 bridgehead atoms. The molecule has 0 rings (SSSR count). The maximum atomic E-state index is 2.46. The third-order valence-electron chi connectivity index (χ3n) is 10.8. The van der Waals surface area contributed by atoms with E-state index < -0.39 is 0 Å². The van der Waals surface area contributed by atoms with Gasteiger partial charge in [0.1, 0.15) is 0 Å². The highest BCUT2D eigenvalue weighted by molar-refractivity contribution is 4.82. The van der Waals surface area contributed by atoms with Gasteiger partial charge < -0.3 is 0 Å². The standard InChI is InChI=1S/2C18H38.C3H8.3C2H6/c2*1-9-15(10-2)17(16(11-3)12-4)13-14(5)18(6,7)8;1-3-2;3*1-2/h2*14-17H,9-13H2,1-8H3;3H2,1-2H3;3*1-2H3. The molecule has 0 saturated heterocycles. The minimum atomic E-state index is 0.455. The minimum absolute atomic E-state index is 0.455. The van der Waals surface area contributed by atoms with Crippen LogP contribution in [0.2, 0.25) is 0 Å². The molecular weight excluding hydrogens is 540 g/mol. The summed E-state index contributed by atoms with van der Waals surface area (Å²) in [6, 6.07) is 0. The number of hydrogen-bond acceptors (Lipinski definition) is 0. The Morgan fingerprint density at radius 3 is 0.556 bits per heavy atom. The zero-order chi connectivity index (χ0) is 37.4. The lowest BCUT2D eigenvalue weighted by Crippen LogP contribution is -2.28. The molecule has 2 atom stereocenters. The molecule has 0 heterocycles. The van der Waals surface area contributed by atoms with E-state index in [1.807, 2.05) is 41.5 Å². The molecule has 45 heavy (non-hydrogen) atoms. The fraction of sp³-hybridized carbons (Fsp3) is 1.00. The van der Waals surface area contributed by atoms with E-state index >= 15 is 0 Å². The summed E-state index contributed by atoms with van der Waals surface area (Å²) >= 11 is 0. The van der Waals surface area contributed by atoms with Crippen molar-refractivity contribution in [1.29, 1.82) is 0 Å². The smallest absolute Gasteiger partial charge is 0.0355 e. The van der Waals surface area contributed by atoms with Crippen LogP contribution < -0.4 is 0 Å². The summed E-state index contributed by atoms with van der Waals surface area (Å²) in [5.41, 5.74) is 0.909. The molecule has 2 unspecified atom stereocenters. The van der Waals surface area contributed by atoms with Crippen LogP contribution in [0.1, 0.15) is 237 Å². The molecular formula is C45H102. The quantitative estimate of drug-likeness (QED) is 0.157. The van der Waals surface area contributed by atoms with Crippen molar-refractivity contribution < 1.29 is 0 Å². The van der Waals surface area contributed by atoms with E-state index in [0.717, 1.165) is 47.3 Å². The molecule has 282 valence electrons. The Labute approximate surface area is 294 Å². The molecule has 0 heteroatoms. The number of rotatable bonds is 16. The van der Waals surface area contributed by atoms with Crippen LogP contribution in [-0.4, -0.2) is 0 Å². The van der Waals surface area contributed by atoms with Gasteiger partial charge in [0.25, 0.3) is 0 Å². The Kier molecular flexibility index (Phi) is 46.9. The predicted molar refractivity (Wildman–Crippen MR) is 220 cm³/mol. The maximum absolute atomic E-state index is 2.46. The fourth-order valence-corrected chi connectivity index (χ4v) is 6.64. The van der Waals surface area contributed by atoms with Crippen LogP contribution in [0.4, 0.5) is 0 Å². The lowest BCUT2D eigenvalue weighted by Gasteiger charge is -2.38. The predicted octanol–water partition coefficient (Wildman–Crippen LogP) is 17.6. The topological polar surface area (TPSA) is 0 Å². The lowest BCUT2D eigenvalue weighted by atomic mass is 9.68. The van der Waals surface area contributed by atoms with Crippen LogP contribution in [0.3, 0.4) is 0 Å². The molecule has 0 aliphatic heterocycles. The highest BCUT2D eigenvalue weighted by Gasteiger charge is 2.32. The monoisotopic (exact) mass is 643 g/mol. The van der Waals surface area contributed by atoms with E-state index in [-0.39, 0.29) is 0 Å². The Morgan fingerprint density at radius 1 is 0.333 bits per heavy atom. The second-order valence-electron chi connectivity index (χ2n) is 15.3. The van der Waals surface area contributed by atoms with Crippen LogP contribution in [0.15, 0.2) is 0 Å². The van der Waals surface area contributed by atoms with Gasteiger partial charge in [-0.2, -0.15) is 0 Å². The first-order valence-corrected chi connectivity index (χ1v) is 21.0. The van der Waals surface area contributed by atoms with Crippen molar-refractivity contribution in [2.75, 3.05) is 0 Å². The molecule has 0 aromatic heterocycles. The van der Waals surface area contributed by atoms with Crippen molar-refractivity contribution in [3.8, 4) is 0 Å². The van der Waals surface area contributed by atoms with Gasteiger partial charge in [-0.05, 0) is 71.0 Å². The first-order valence-electron chi connectivity index (χ1n) is 21.0. The summed E-state index contributed by atoms with van der Waals surface area (Å²) in [5.74, 6) is 7.24. The third kappa shape index (κ3) is 28.7. The molecule has 0 fully saturated rings. The van der Waals surface area contributed by atoms with E-state index in [9.17, 15) is 0 Å². The van der Waals surface area contributed by atoms with Crippen molar-refractivity contribution in [2.45, 2.75) is 237 Å². The van der Waals surface area contributed by atoms with Gasteiger partial charge >= 0.3 is 0 Å². The van der Waals surface area contributed by atoms with Gasteiger partial charge in [0.05, 0.1) is 0 Å². The highest BCUT2D eigenvalue weighted by atomic mass is 14.4. The summed E-state index contributed by atoms with van der Waals surface area (Å²) in [4.78, 5) is 0. The van der Waals surface area contributed by atoms with Crippen LogP contribution in [0, 0.1) is 58.2 Å². The molecule has 0 aromatic rings. The van der Waals surface area contributed by atoms with Crippen molar-refractivity contribution in [3.63, 3.8) is 0 Å². The number of hydrogen-bond donors (Lipinski definition) is 0. The average Bonchev–Trinajstić information content (AvgIpc) is 3.02. The van der Waals surface area contributed by atoms with Crippen LogP contribution >= 0.6 is 0 Å². The van der Waals surface area contributed by atoms with Crippen molar-refractivity contribution in [1.82, 2.24) is 0 Å². The zero-order valence-electron chi connectivity index (χ0n) is 37.4. The molecule has 0 amide bonds. The third-order valence-corrected chi connectivity index (χ3v) is 10.8. The van der Waals surface area contributed by atoms with Gasteiger partial charge in [-0.1, -0.05) is 224 Å². The zero-order valence-corrected chi connectivity index (χ0v) is 37.4. The normalized spacial score (nSPS) is 12.7. The minimum Gasteiger partial charge on any atom is -0.0683 e. The average molecular weight is 643 g/mol. The Morgan fingerprint density at radius 2 is 0.467 bits per heavy atom. The molecule has 0 aliphatic carbocycles. The molecule has 0 saturated carbocycles. The largest absolute Gasteiger partial charge is 0.0683 e. The summed E-state index contributed by atoms with van der Waals surface area (Å²) in [6.45, 7) is 54.6. The maximum Gasteiger partial charge on any atom is -0.0355 e. The summed E-state index contributed by atoms with van der Waals surface area (Å²) in [6.07, 6.45) is 14.9. The van der Waals surface area contributed by atoms with Crippen LogP contribution in [0.25, 0.3) is 0 Å². The van der Waals surface area contributed by atoms with E-state index in [2.05, 4.69) is 125 Å². The molecule has 0 radical (unpaired) electrons. The molecule has 0 aromatic carbocycles. The van der Waals surface area contributed by atoms with Crippen LogP contribution in [0.5, 0.6) is 0 Å². The van der Waals surface area contributed by atoms with E-state index in [0.29, 0.717) is 10.8 Å². The van der Waals surface area contributed by atoms with Crippen molar-refractivity contribution >= 4 is 0 Å². The van der Waals surface area contributed by atoms with Crippen molar-refractivity contribution in [3.05, 3.63) is 0 Å². The Bertz CT molecular complexity index is 417. The molecule has 0 nitrogen and oxygen atoms in total. The molecule has 0 N–H and O–H groups in total. The second kappa shape index (κ2) is 36.8. The van der Waals surface area contributed by atoms with E-state index in [4.69, 9.17) is 0 Å². The van der Waals surface area contributed by atoms with Gasteiger partial charge in [0.2, 0.25) is 0 Å². The van der Waals surface area contributed by atoms with Gasteiger partial charge in [0.15, 0.2) is 0 Å². The van der Waals surface area contributed by atoms with Gasteiger partial charge in [-0.25, -0.2) is 0 Å². The summed E-state index contributed by atoms with van der Waals surface area (Å²) in [7, 11) is 0. The molecule has 0 spiro atoms. The highest BCUT2D eigenvalue weighted by Crippen LogP contribution is 2.41. The van der Waals surface area contributed by atoms with E-state index in [1.165, 1.54) is 70.6 Å². The van der Waals surface area contributed by atoms with Crippen LogP contribution in [-0.2, 0) is 0 Å². The fourth-order valence-electron chi connectivity index (χ4n) is 6.64. The Balaban J connectivity index is -0.000000134. The summed E-state index contributed by atoms with van der Waals surface area (Å²) in [5, 5.41) is 0. The molecule has 0 aliphatic rings. The van der Waals surface area contributed by atoms with Crippen molar-refractivity contribution in [2.24, 2.45) is 58.2 Å². The van der Waals surface area contributed by atoms with Gasteiger partial charge in [-0.15, -0.1) is 0 Å². The van der Waals surface area contributed by atoms with E-state index in [1.54, 1.807) is 0 Å². The first-order chi connectivity index (χ1) is 21.0.